The highest BCUT2D eigenvalue weighted by atomic mass is 35.5. The van der Waals surface area contributed by atoms with E-state index in [9.17, 15) is 9.59 Å². The minimum absolute atomic E-state index is 0.0881. The number of rotatable bonds is 5. The van der Waals surface area contributed by atoms with E-state index in [1.165, 1.54) is 4.90 Å². The molecule has 2 rings (SSSR count). The Morgan fingerprint density at radius 1 is 1.38 bits per heavy atom. The van der Waals surface area contributed by atoms with Crippen LogP contribution in [0.4, 0.5) is 0 Å². The van der Waals surface area contributed by atoms with Gasteiger partial charge in [-0.05, 0) is 12.5 Å². The number of hydrogen-bond acceptors (Lipinski definition) is 3. The summed E-state index contributed by atoms with van der Waals surface area (Å²) in [6, 6.07) is 1.91. The van der Waals surface area contributed by atoms with Gasteiger partial charge in [-0.2, -0.15) is 0 Å². The molecular formula is C16H24ClN5O2. The van der Waals surface area contributed by atoms with Crippen LogP contribution in [-0.2, 0) is 23.2 Å². The lowest BCUT2D eigenvalue weighted by atomic mass is 10.1. The molecule has 0 atom stereocenters. The molecule has 0 unspecified atom stereocenters. The van der Waals surface area contributed by atoms with Gasteiger partial charge in [-0.25, -0.2) is 0 Å². The third-order valence-corrected chi connectivity index (χ3v) is 4.26. The minimum atomic E-state index is -0.0881. The van der Waals surface area contributed by atoms with Gasteiger partial charge in [-0.1, -0.05) is 11.6 Å². The quantitative estimate of drug-likeness (QED) is 0.491. The van der Waals surface area contributed by atoms with Crippen molar-refractivity contribution in [1.29, 1.82) is 0 Å². The van der Waals surface area contributed by atoms with Crippen molar-refractivity contribution in [3.8, 4) is 0 Å². The van der Waals surface area contributed by atoms with Crippen LogP contribution in [0.3, 0.4) is 0 Å². The number of hydrogen-bond donors (Lipinski definition) is 1. The number of carbonyl (C=O) groups is 2. The molecule has 0 bridgehead atoms. The molecule has 0 saturated carbocycles. The fourth-order valence-corrected chi connectivity index (χ4v) is 3.03. The van der Waals surface area contributed by atoms with Crippen molar-refractivity contribution in [2.24, 2.45) is 12.0 Å². The first-order valence-corrected chi connectivity index (χ1v) is 8.36. The van der Waals surface area contributed by atoms with Gasteiger partial charge in [0.15, 0.2) is 5.96 Å². The lowest BCUT2D eigenvalue weighted by molar-refractivity contribution is -0.147. The molecule has 0 spiro atoms. The van der Waals surface area contributed by atoms with Crippen LogP contribution in [0.25, 0.3) is 0 Å². The summed E-state index contributed by atoms with van der Waals surface area (Å²) in [7, 11) is 5.57. The number of carbonyl (C=O) groups excluding carboxylic acids is 2. The van der Waals surface area contributed by atoms with E-state index in [1.54, 1.807) is 7.05 Å². The Morgan fingerprint density at radius 2 is 2.04 bits per heavy atom. The van der Waals surface area contributed by atoms with Gasteiger partial charge in [-0.15, -0.1) is 0 Å². The molecule has 1 aliphatic heterocycles. The SMILES string of the molecule is CN=C(NCCN1C(=O)CCCC1=O)N(C)Cc1cc(Cl)cn1C. The van der Waals surface area contributed by atoms with E-state index < -0.39 is 0 Å². The summed E-state index contributed by atoms with van der Waals surface area (Å²) in [6.45, 7) is 1.48. The topological polar surface area (TPSA) is 69.9 Å². The first-order valence-electron chi connectivity index (χ1n) is 7.98. The lowest BCUT2D eigenvalue weighted by Crippen LogP contribution is -2.46. The Kier molecular flexibility index (Phi) is 6.25. The van der Waals surface area contributed by atoms with Gasteiger partial charge < -0.3 is 14.8 Å². The molecule has 1 aromatic rings. The maximum atomic E-state index is 11.8. The Morgan fingerprint density at radius 3 is 2.58 bits per heavy atom. The smallest absolute Gasteiger partial charge is 0.229 e. The normalized spacial score (nSPS) is 15.8. The van der Waals surface area contributed by atoms with Crippen LogP contribution in [0.5, 0.6) is 0 Å². The van der Waals surface area contributed by atoms with Gasteiger partial charge in [0.2, 0.25) is 11.8 Å². The Balaban J connectivity index is 1.86. The number of guanidine groups is 1. The van der Waals surface area contributed by atoms with Crippen LogP contribution in [0.15, 0.2) is 17.3 Å². The molecule has 1 N–H and O–H groups in total. The van der Waals surface area contributed by atoms with Gasteiger partial charge >= 0.3 is 0 Å². The summed E-state index contributed by atoms with van der Waals surface area (Å²) in [5.41, 5.74) is 1.06. The summed E-state index contributed by atoms with van der Waals surface area (Å²) >= 11 is 6.00. The zero-order chi connectivity index (χ0) is 17.7. The average Bonchev–Trinajstić information content (AvgIpc) is 2.83. The fraction of sp³-hybridized carbons (Fsp3) is 0.562. The minimum Gasteiger partial charge on any atom is -0.354 e. The molecule has 2 amide bonds. The van der Waals surface area contributed by atoms with Crippen molar-refractivity contribution in [3.05, 3.63) is 23.0 Å². The first-order chi connectivity index (χ1) is 11.4. The number of aliphatic imine (C=N–C) groups is 1. The number of piperidine rings is 1. The molecule has 1 saturated heterocycles. The molecule has 0 aliphatic carbocycles. The predicted molar refractivity (Wildman–Crippen MR) is 93.8 cm³/mol. The number of halogens is 1. The Hall–Kier alpha value is -2.02. The van der Waals surface area contributed by atoms with Crippen molar-refractivity contribution in [2.75, 3.05) is 27.2 Å². The molecule has 1 fully saturated rings. The van der Waals surface area contributed by atoms with Gasteiger partial charge in [0.25, 0.3) is 0 Å². The molecule has 7 nitrogen and oxygen atoms in total. The number of imide groups is 1. The van der Waals surface area contributed by atoms with Crippen molar-refractivity contribution in [2.45, 2.75) is 25.8 Å². The van der Waals surface area contributed by atoms with E-state index in [4.69, 9.17) is 11.6 Å². The molecule has 1 aliphatic rings. The molecule has 0 aromatic carbocycles. The standard InChI is InChI=1S/C16H24ClN5O2/c1-18-16(21(3)11-13-9-12(17)10-20(13)2)19-7-8-22-14(23)5-4-6-15(22)24/h9-10H,4-8,11H2,1-3H3,(H,18,19). The van der Waals surface area contributed by atoms with Crippen LogP contribution in [-0.4, -0.2) is 59.3 Å². The van der Waals surface area contributed by atoms with Crippen molar-refractivity contribution in [1.82, 2.24) is 19.7 Å². The highest BCUT2D eigenvalue weighted by Gasteiger charge is 2.25. The van der Waals surface area contributed by atoms with Crippen LogP contribution >= 0.6 is 11.6 Å². The van der Waals surface area contributed by atoms with E-state index in [-0.39, 0.29) is 11.8 Å². The number of likely N-dealkylation sites (tertiary alicyclic amines) is 1. The van der Waals surface area contributed by atoms with E-state index >= 15 is 0 Å². The number of aryl methyl sites for hydroxylation is 1. The maximum Gasteiger partial charge on any atom is 0.229 e. The highest BCUT2D eigenvalue weighted by molar-refractivity contribution is 6.30. The maximum absolute atomic E-state index is 11.8. The zero-order valence-electron chi connectivity index (χ0n) is 14.4. The van der Waals surface area contributed by atoms with Crippen molar-refractivity contribution < 1.29 is 9.59 Å². The summed E-state index contributed by atoms with van der Waals surface area (Å²) < 4.78 is 1.97. The predicted octanol–water partition coefficient (Wildman–Crippen LogP) is 1.22. The molecule has 2 heterocycles. The average molecular weight is 354 g/mol. The van der Waals surface area contributed by atoms with Crippen molar-refractivity contribution >= 4 is 29.4 Å². The van der Waals surface area contributed by atoms with Crippen LogP contribution < -0.4 is 5.32 Å². The van der Waals surface area contributed by atoms with Crippen LogP contribution in [0.1, 0.15) is 25.0 Å². The van der Waals surface area contributed by atoms with Gasteiger partial charge in [0.05, 0.1) is 11.6 Å². The highest BCUT2D eigenvalue weighted by Crippen LogP contribution is 2.14. The third kappa shape index (κ3) is 4.50. The monoisotopic (exact) mass is 353 g/mol. The van der Waals surface area contributed by atoms with E-state index in [1.807, 2.05) is 35.8 Å². The summed E-state index contributed by atoms with van der Waals surface area (Å²) in [5, 5.41) is 3.89. The van der Waals surface area contributed by atoms with E-state index in [0.29, 0.717) is 49.9 Å². The van der Waals surface area contributed by atoms with Gasteiger partial charge in [0.1, 0.15) is 0 Å². The summed E-state index contributed by atoms with van der Waals surface area (Å²) in [5.74, 6) is 0.522. The Bertz CT molecular complexity index is 624. The fourth-order valence-electron chi connectivity index (χ4n) is 2.75. The first kappa shape index (κ1) is 18.3. The van der Waals surface area contributed by atoms with Gasteiger partial charge in [0, 0.05) is 59.0 Å². The second kappa shape index (κ2) is 8.19. The Labute approximate surface area is 147 Å². The molecule has 8 heteroatoms. The van der Waals surface area contributed by atoms with E-state index in [2.05, 4.69) is 10.3 Å². The second-order valence-corrected chi connectivity index (χ2v) is 6.32. The summed E-state index contributed by atoms with van der Waals surface area (Å²) in [4.78, 5) is 31.1. The summed E-state index contributed by atoms with van der Waals surface area (Å²) in [6.07, 6.45) is 3.42. The number of amides is 2. The largest absolute Gasteiger partial charge is 0.354 e. The van der Waals surface area contributed by atoms with E-state index in [0.717, 1.165) is 5.69 Å². The number of nitrogens with one attached hydrogen (secondary N) is 1. The van der Waals surface area contributed by atoms with Crippen LogP contribution in [0.2, 0.25) is 5.02 Å². The third-order valence-electron chi connectivity index (χ3n) is 4.05. The second-order valence-electron chi connectivity index (χ2n) is 5.88. The molecule has 132 valence electrons. The number of aromatic nitrogens is 1. The molecule has 1 aromatic heterocycles. The number of nitrogens with zero attached hydrogens (tertiary/aromatic N) is 4. The molecule has 24 heavy (non-hydrogen) atoms. The molecular weight excluding hydrogens is 330 g/mol. The molecule has 0 radical (unpaired) electrons. The zero-order valence-corrected chi connectivity index (χ0v) is 15.1. The van der Waals surface area contributed by atoms with Crippen LogP contribution in [0, 0.1) is 0 Å². The lowest BCUT2D eigenvalue weighted by Gasteiger charge is -2.26. The van der Waals surface area contributed by atoms with Crippen molar-refractivity contribution in [3.63, 3.8) is 0 Å². The van der Waals surface area contributed by atoms with Gasteiger partial charge in [-0.3, -0.25) is 19.5 Å².